The molecule has 1 fully saturated rings. The Morgan fingerprint density at radius 2 is 2.26 bits per heavy atom. The average molecular weight is 317 g/mol. The van der Waals surface area contributed by atoms with Crippen LogP contribution in [0.25, 0.3) is 0 Å². The van der Waals surface area contributed by atoms with Gasteiger partial charge in [-0.1, -0.05) is 0 Å². The van der Waals surface area contributed by atoms with Crippen LogP contribution in [0.3, 0.4) is 0 Å². The normalized spacial score (nSPS) is 14.3. The van der Waals surface area contributed by atoms with E-state index in [-0.39, 0.29) is 18.1 Å². The molecule has 0 unspecified atom stereocenters. The van der Waals surface area contributed by atoms with Crippen molar-refractivity contribution in [3.63, 3.8) is 0 Å². The number of benzene rings is 1. The first kappa shape index (κ1) is 15.2. The first-order valence-electron chi connectivity index (χ1n) is 7.39. The number of rotatable bonds is 5. The minimum atomic E-state index is -0.747. The van der Waals surface area contributed by atoms with Crippen LogP contribution >= 0.6 is 0 Å². The maximum absolute atomic E-state index is 13.9. The van der Waals surface area contributed by atoms with Gasteiger partial charge in [0.05, 0.1) is 12.1 Å². The van der Waals surface area contributed by atoms with Crippen LogP contribution < -0.4 is 4.90 Å². The zero-order chi connectivity index (χ0) is 16.2. The minimum Gasteiger partial charge on any atom is -0.460 e. The molecule has 1 amide bonds. The zero-order valence-corrected chi connectivity index (χ0v) is 12.4. The number of hydrogen-bond acceptors (Lipinski definition) is 4. The summed E-state index contributed by atoms with van der Waals surface area (Å²) in [5.74, 6) is -1.43. The van der Waals surface area contributed by atoms with Crippen molar-refractivity contribution in [1.82, 2.24) is 9.78 Å². The highest BCUT2D eigenvalue weighted by atomic mass is 19.1. The van der Waals surface area contributed by atoms with Crippen LogP contribution in [0, 0.1) is 5.82 Å². The molecule has 120 valence electrons. The summed E-state index contributed by atoms with van der Waals surface area (Å²) < 4.78 is 20.6. The van der Waals surface area contributed by atoms with Crippen LogP contribution in [-0.2, 0) is 16.1 Å². The molecule has 1 saturated heterocycles. The first-order chi connectivity index (χ1) is 11.1. The van der Waals surface area contributed by atoms with Gasteiger partial charge in [0.2, 0.25) is 5.91 Å². The molecule has 0 saturated carbocycles. The lowest BCUT2D eigenvalue weighted by molar-refractivity contribution is -0.117. The first-order valence-corrected chi connectivity index (χ1v) is 7.39. The van der Waals surface area contributed by atoms with Gasteiger partial charge in [-0.3, -0.25) is 9.48 Å². The number of hydrogen-bond donors (Lipinski definition) is 0. The molecule has 1 aromatic heterocycles. The Kier molecular flexibility index (Phi) is 4.36. The molecule has 1 aliphatic heterocycles. The lowest BCUT2D eigenvalue weighted by Gasteiger charge is -2.16. The fraction of sp³-hybridized carbons (Fsp3) is 0.312. The molecule has 0 spiro atoms. The Bertz CT molecular complexity index is 715. The van der Waals surface area contributed by atoms with Gasteiger partial charge in [0.25, 0.3) is 0 Å². The number of aromatic nitrogens is 2. The van der Waals surface area contributed by atoms with E-state index in [0.29, 0.717) is 25.2 Å². The number of nitrogens with zero attached hydrogens (tertiary/aromatic N) is 3. The monoisotopic (exact) mass is 317 g/mol. The fourth-order valence-corrected chi connectivity index (χ4v) is 2.50. The van der Waals surface area contributed by atoms with Gasteiger partial charge < -0.3 is 9.64 Å². The molecule has 0 aliphatic carbocycles. The van der Waals surface area contributed by atoms with E-state index in [0.717, 1.165) is 6.42 Å². The largest absolute Gasteiger partial charge is 0.460 e. The standard InChI is InChI=1S/C16H16FN3O3/c17-14-5-4-12(20-8-1-3-15(20)21)11-13(14)16(22)23-10-9-19-7-2-6-18-19/h2,4-7,11H,1,3,8-10H2. The highest BCUT2D eigenvalue weighted by molar-refractivity contribution is 5.97. The van der Waals surface area contributed by atoms with Gasteiger partial charge in [-0.25, -0.2) is 9.18 Å². The average Bonchev–Trinajstić information content (AvgIpc) is 3.19. The van der Waals surface area contributed by atoms with Crippen LogP contribution in [0.4, 0.5) is 10.1 Å². The van der Waals surface area contributed by atoms with E-state index >= 15 is 0 Å². The van der Waals surface area contributed by atoms with Gasteiger partial charge in [0, 0.05) is 31.0 Å². The number of halogens is 1. The molecule has 2 heterocycles. The SMILES string of the molecule is O=C(OCCn1cccn1)c1cc(N2CCCC2=O)ccc1F. The summed E-state index contributed by atoms with van der Waals surface area (Å²) in [7, 11) is 0. The third kappa shape index (κ3) is 3.39. The van der Waals surface area contributed by atoms with E-state index in [1.54, 1.807) is 28.0 Å². The van der Waals surface area contributed by atoms with E-state index in [4.69, 9.17) is 4.74 Å². The second-order valence-electron chi connectivity index (χ2n) is 5.22. The van der Waals surface area contributed by atoms with E-state index in [9.17, 15) is 14.0 Å². The van der Waals surface area contributed by atoms with Gasteiger partial charge in [0.1, 0.15) is 12.4 Å². The Balaban J connectivity index is 1.68. The maximum Gasteiger partial charge on any atom is 0.341 e. The Morgan fingerprint density at radius 3 is 2.96 bits per heavy atom. The van der Waals surface area contributed by atoms with Crippen LogP contribution in [0.5, 0.6) is 0 Å². The third-order valence-corrected chi connectivity index (χ3v) is 3.67. The van der Waals surface area contributed by atoms with Gasteiger partial charge in [-0.05, 0) is 30.7 Å². The van der Waals surface area contributed by atoms with Crippen molar-refractivity contribution in [2.45, 2.75) is 19.4 Å². The Labute approximate surface area is 132 Å². The van der Waals surface area contributed by atoms with Crippen molar-refractivity contribution in [3.05, 3.63) is 48.0 Å². The van der Waals surface area contributed by atoms with Crippen LogP contribution in [0.1, 0.15) is 23.2 Å². The summed E-state index contributed by atoms with van der Waals surface area (Å²) in [6.07, 6.45) is 4.60. The number of carbonyl (C=O) groups excluding carboxylic acids is 2. The molecule has 1 aromatic carbocycles. The highest BCUT2D eigenvalue weighted by Crippen LogP contribution is 2.24. The zero-order valence-electron chi connectivity index (χ0n) is 12.4. The van der Waals surface area contributed by atoms with Crippen molar-refractivity contribution in [1.29, 1.82) is 0 Å². The second kappa shape index (κ2) is 6.60. The van der Waals surface area contributed by atoms with Gasteiger partial charge >= 0.3 is 5.97 Å². The molecule has 23 heavy (non-hydrogen) atoms. The predicted octanol–water partition coefficient (Wildman–Crippen LogP) is 2.01. The lowest BCUT2D eigenvalue weighted by Crippen LogP contribution is -2.24. The highest BCUT2D eigenvalue weighted by Gasteiger charge is 2.24. The Hall–Kier alpha value is -2.70. The molecule has 6 nitrogen and oxygen atoms in total. The van der Waals surface area contributed by atoms with Gasteiger partial charge in [-0.15, -0.1) is 0 Å². The van der Waals surface area contributed by atoms with E-state index in [1.807, 2.05) is 0 Å². The van der Waals surface area contributed by atoms with Crippen LogP contribution in [-0.4, -0.2) is 34.8 Å². The van der Waals surface area contributed by atoms with Gasteiger partial charge in [-0.2, -0.15) is 5.10 Å². The summed E-state index contributed by atoms with van der Waals surface area (Å²) in [6, 6.07) is 5.82. The van der Waals surface area contributed by atoms with Crippen molar-refractivity contribution >= 4 is 17.6 Å². The smallest absolute Gasteiger partial charge is 0.341 e. The number of anilines is 1. The summed E-state index contributed by atoms with van der Waals surface area (Å²) in [5, 5.41) is 3.99. The van der Waals surface area contributed by atoms with Crippen molar-refractivity contribution in [2.24, 2.45) is 0 Å². The fourth-order valence-electron chi connectivity index (χ4n) is 2.50. The lowest BCUT2D eigenvalue weighted by atomic mass is 10.1. The summed E-state index contributed by atoms with van der Waals surface area (Å²) >= 11 is 0. The van der Waals surface area contributed by atoms with E-state index < -0.39 is 11.8 Å². The molecule has 3 rings (SSSR count). The summed E-state index contributed by atoms with van der Waals surface area (Å²) in [6.45, 7) is 1.07. The Morgan fingerprint density at radius 1 is 1.39 bits per heavy atom. The molecule has 0 bridgehead atoms. The topological polar surface area (TPSA) is 64.4 Å². The quantitative estimate of drug-likeness (QED) is 0.791. The maximum atomic E-state index is 13.9. The third-order valence-electron chi connectivity index (χ3n) is 3.67. The molecule has 0 atom stereocenters. The summed E-state index contributed by atoms with van der Waals surface area (Å²) in [4.78, 5) is 25.4. The van der Waals surface area contributed by atoms with E-state index in [2.05, 4.69) is 5.10 Å². The van der Waals surface area contributed by atoms with Crippen molar-refractivity contribution < 1.29 is 18.7 Å². The number of ether oxygens (including phenoxy) is 1. The minimum absolute atomic E-state index is 0.0189. The number of carbonyl (C=O) groups is 2. The molecule has 2 aromatic rings. The summed E-state index contributed by atoms with van der Waals surface area (Å²) in [5.41, 5.74) is 0.357. The molecule has 0 N–H and O–H groups in total. The molecule has 7 heteroatoms. The van der Waals surface area contributed by atoms with Crippen molar-refractivity contribution in [2.75, 3.05) is 18.1 Å². The van der Waals surface area contributed by atoms with Gasteiger partial charge in [0.15, 0.2) is 0 Å². The molecule has 1 aliphatic rings. The molecular weight excluding hydrogens is 301 g/mol. The van der Waals surface area contributed by atoms with Crippen LogP contribution in [0.2, 0.25) is 0 Å². The predicted molar refractivity (Wildman–Crippen MR) is 80.5 cm³/mol. The van der Waals surface area contributed by atoms with E-state index in [1.165, 1.54) is 18.2 Å². The van der Waals surface area contributed by atoms with Crippen LogP contribution in [0.15, 0.2) is 36.7 Å². The van der Waals surface area contributed by atoms with Crippen molar-refractivity contribution in [3.8, 4) is 0 Å². The number of amides is 1. The molecule has 0 radical (unpaired) electrons. The second-order valence-corrected chi connectivity index (χ2v) is 5.22. The number of esters is 1. The molecular formula is C16H16FN3O3.